The van der Waals surface area contributed by atoms with Gasteiger partial charge in [-0.25, -0.2) is 0 Å². The highest BCUT2D eigenvalue weighted by Crippen LogP contribution is 2.51. The van der Waals surface area contributed by atoms with Gasteiger partial charge in [-0.2, -0.15) is 0 Å². The zero-order valence-electron chi connectivity index (χ0n) is 31.8. The first-order valence-electron chi connectivity index (χ1n) is 19.4. The van der Waals surface area contributed by atoms with E-state index in [4.69, 9.17) is 0 Å². The van der Waals surface area contributed by atoms with E-state index < -0.39 is 0 Å². The maximum absolute atomic E-state index is 2.40. The molecule has 10 rings (SSSR count). The molecule has 0 N–H and O–H groups in total. The zero-order chi connectivity index (χ0) is 37.3. The van der Waals surface area contributed by atoms with Crippen molar-refractivity contribution in [2.45, 2.75) is 38.5 Å². The summed E-state index contributed by atoms with van der Waals surface area (Å²) in [5.41, 5.74) is 16.3. The Morgan fingerprint density at radius 2 is 0.691 bits per heavy atom. The Balaban J connectivity index is 1.02. The molecule has 8 aromatic rings. The molecule has 8 aromatic carbocycles. The third kappa shape index (κ3) is 5.37. The lowest BCUT2D eigenvalue weighted by molar-refractivity contribution is 0.711. The van der Waals surface area contributed by atoms with Crippen LogP contribution in [0, 0.1) is 0 Å². The molecule has 1 nitrogen and oxygen atoms in total. The summed E-state index contributed by atoms with van der Waals surface area (Å²) in [6, 6.07) is 64.6. The second-order valence-electron chi connectivity index (χ2n) is 16.2. The molecule has 1 heteroatoms. The predicted octanol–water partition coefficient (Wildman–Crippen LogP) is 14.8. The van der Waals surface area contributed by atoms with Crippen molar-refractivity contribution >= 4 is 61.9 Å². The highest BCUT2D eigenvalue weighted by atomic mass is 15.1. The molecule has 0 aromatic heterocycles. The van der Waals surface area contributed by atoms with E-state index >= 15 is 0 Å². The number of rotatable bonds is 6. The van der Waals surface area contributed by atoms with E-state index in [-0.39, 0.29) is 10.8 Å². The molecule has 0 saturated carbocycles. The average Bonchev–Trinajstić information content (AvgIpc) is 3.67. The molecule has 0 atom stereocenters. The smallest absolute Gasteiger partial charge is 0.0462 e. The van der Waals surface area contributed by atoms with E-state index in [0.717, 1.165) is 17.1 Å². The molecule has 0 aliphatic heterocycles. The first-order chi connectivity index (χ1) is 26.8. The Morgan fingerprint density at radius 3 is 1.13 bits per heavy atom. The van der Waals surface area contributed by atoms with Gasteiger partial charge in [0.1, 0.15) is 0 Å². The number of anilines is 3. The molecule has 0 fully saturated rings. The van der Waals surface area contributed by atoms with Crippen LogP contribution in [0.4, 0.5) is 17.1 Å². The van der Waals surface area contributed by atoms with Gasteiger partial charge in [0.25, 0.3) is 0 Å². The summed E-state index contributed by atoms with van der Waals surface area (Å²) >= 11 is 0. The first kappa shape index (κ1) is 33.2. The molecular weight excluding hydrogens is 663 g/mol. The number of allylic oxidation sites excluding steroid dienone is 2. The minimum atomic E-state index is -0.116. The molecular formula is C54H43N. The van der Waals surface area contributed by atoms with E-state index in [1.165, 1.54) is 77.2 Å². The molecule has 0 amide bonds. The van der Waals surface area contributed by atoms with E-state index in [9.17, 15) is 0 Å². The number of fused-ring (bicyclic) bond motifs is 6. The summed E-state index contributed by atoms with van der Waals surface area (Å²) in [6.07, 6.45) is 4.80. The monoisotopic (exact) mass is 705 g/mol. The maximum Gasteiger partial charge on any atom is 0.0462 e. The largest absolute Gasteiger partial charge is 0.311 e. The van der Waals surface area contributed by atoms with Crippen LogP contribution >= 0.6 is 0 Å². The van der Waals surface area contributed by atoms with Crippen LogP contribution < -0.4 is 4.90 Å². The van der Waals surface area contributed by atoms with Crippen LogP contribution in [0.1, 0.15) is 61.1 Å². The normalized spacial score (nSPS) is 15.1. The minimum absolute atomic E-state index is 0.116. The Kier molecular flexibility index (Phi) is 7.58. The van der Waals surface area contributed by atoms with E-state index in [1.807, 2.05) is 0 Å². The standard InChI is InChI=1S/C54H43N/c1-53(2)49(34-42-20-18-38-14-8-10-16-47(38)51(42)53)40-24-30-45(31-25-40)55(44-28-22-37(23-29-44)36-12-6-5-7-13-36)46-32-26-41(27-33-46)50-35-43-21-19-39-15-9-11-17-48(39)52(43)54(50,3)4/h5-35H,1-4H3. The van der Waals surface area contributed by atoms with Gasteiger partial charge in [-0.05, 0) is 126 Å². The highest BCUT2D eigenvalue weighted by Gasteiger charge is 2.36. The van der Waals surface area contributed by atoms with Crippen LogP contribution in [-0.2, 0) is 10.8 Å². The molecule has 0 radical (unpaired) electrons. The molecule has 264 valence electrons. The van der Waals surface area contributed by atoms with E-state index in [2.05, 4.69) is 221 Å². The molecule has 0 heterocycles. The zero-order valence-corrected chi connectivity index (χ0v) is 31.8. The fourth-order valence-electron chi connectivity index (χ4n) is 9.50. The van der Waals surface area contributed by atoms with E-state index in [1.54, 1.807) is 0 Å². The third-order valence-corrected chi connectivity index (χ3v) is 12.2. The summed E-state index contributed by atoms with van der Waals surface area (Å²) in [5, 5.41) is 5.28. The van der Waals surface area contributed by atoms with Gasteiger partial charge in [-0.15, -0.1) is 0 Å². The summed E-state index contributed by atoms with van der Waals surface area (Å²) in [5.74, 6) is 0. The molecule has 2 aliphatic rings. The molecule has 0 bridgehead atoms. The summed E-state index contributed by atoms with van der Waals surface area (Å²) in [4.78, 5) is 2.38. The second kappa shape index (κ2) is 12.6. The molecule has 0 unspecified atom stereocenters. The van der Waals surface area contributed by atoms with Gasteiger partial charge in [0.2, 0.25) is 0 Å². The Hall–Kier alpha value is -6.44. The Labute approximate surface area is 324 Å². The fourth-order valence-corrected chi connectivity index (χ4v) is 9.50. The lowest BCUT2D eigenvalue weighted by Crippen LogP contribution is -2.17. The Bertz CT molecular complexity index is 2660. The van der Waals surface area contributed by atoms with Crippen molar-refractivity contribution in [1.82, 2.24) is 0 Å². The second-order valence-corrected chi connectivity index (χ2v) is 16.2. The summed E-state index contributed by atoms with van der Waals surface area (Å²) < 4.78 is 0. The highest BCUT2D eigenvalue weighted by molar-refractivity contribution is 6.03. The van der Waals surface area contributed by atoms with Crippen molar-refractivity contribution in [2.24, 2.45) is 0 Å². The fraction of sp³-hybridized carbons (Fsp3) is 0.111. The van der Waals surface area contributed by atoms with Gasteiger partial charge in [0.15, 0.2) is 0 Å². The average molecular weight is 706 g/mol. The van der Waals surface area contributed by atoms with Crippen LogP contribution in [0.5, 0.6) is 0 Å². The van der Waals surface area contributed by atoms with Gasteiger partial charge in [-0.1, -0.05) is 167 Å². The number of hydrogen-bond acceptors (Lipinski definition) is 1. The molecule has 55 heavy (non-hydrogen) atoms. The first-order valence-corrected chi connectivity index (χ1v) is 19.4. The van der Waals surface area contributed by atoms with Crippen molar-refractivity contribution in [3.63, 3.8) is 0 Å². The van der Waals surface area contributed by atoms with Crippen LogP contribution in [0.15, 0.2) is 176 Å². The molecule has 2 aliphatic carbocycles. The van der Waals surface area contributed by atoms with Gasteiger partial charge in [-0.3, -0.25) is 0 Å². The van der Waals surface area contributed by atoms with Crippen LogP contribution in [0.2, 0.25) is 0 Å². The summed E-state index contributed by atoms with van der Waals surface area (Å²) in [7, 11) is 0. The van der Waals surface area contributed by atoms with Gasteiger partial charge >= 0.3 is 0 Å². The quantitative estimate of drug-likeness (QED) is 0.166. The summed E-state index contributed by atoms with van der Waals surface area (Å²) in [6.45, 7) is 9.48. The predicted molar refractivity (Wildman–Crippen MR) is 236 cm³/mol. The van der Waals surface area contributed by atoms with Gasteiger partial charge in [0.05, 0.1) is 0 Å². The van der Waals surface area contributed by atoms with Gasteiger partial charge < -0.3 is 4.90 Å². The van der Waals surface area contributed by atoms with Crippen molar-refractivity contribution in [2.75, 3.05) is 4.90 Å². The lowest BCUT2D eigenvalue weighted by Gasteiger charge is -2.29. The number of hydrogen-bond donors (Lipinski definition) is 0. The minimum Gasteiger partial charge on any atom is -0.311 e. The van der Waals surface area contributed by atoms with Crippen molar-refractivity contribution in [1.29, 1.82) is 0 Å². The van der Waals surface area contributed by atoms with E-state index in [0.29, 0.717) is 0 Å². The maximum atomic E-state index is 2.40. The van der Waals surface area contributed by atoms with Crippen molar-refractivity contribution < 1.29 is 0 Å². The molecule has 0 spiro atoms. The number of nitrogens with zero attached hydrogens (tertiary/aromatic N) is 1. The van der Waals surface area contributed by atoms with Crippen LogP contribution in [-0.4, -0.2) is 0 Å². The SMILES string of the molecule is CC1(C)C(c2ccc(N(c3ccc(C4=Cc5ccc6ccccc6c5C4(C)C)cc3)c3ccc(-c4ccccc4)cc3)cc2)=Cc2ccc3ccccc3c21. The molecule has 0 saturated heterocycles. The van der Waals surface area contributed by atoms with Crippen molar-refractivity contribution in [3.05, 3.63) is 209 Å². The third-order valence-electron chi connectivity index (χ3n) is 12.2. The number of benzene rings is 8. The van der Waals surface area contributed by atoms with Gasteiger partial charge in [0, 0.05) is 27.9 Å². The van der Waals surface area contributed by atoms with Crippen LogP contribution in [0.3, 0.4) is 0 Å². The topological polar surface area (TPSA) is 3.24 Å². The Morgan fingerprint density at radius 1 is 0.327 bits per heavy atom. The van der Waals surface area contributed by atoms with Crippen LogP contribution in [0.25, 0.3) is 56.0 Å². The lowest BCUT2D eigenvalue weighted by atomic mass is 9.76. The van der Waals surface area contributed by atoms with Crippen molar-refractivity contribution in [3.8, 4) is 11.1 Å².